The lowest BCUT2D eigenvalue weighted by molar-refractivity contribution is -0.154. The van der Waals surface area contributed by atoms with Crippen LogP contribution in [0.2, 0.25) is 0 Å². The molecule has 0 aromatic heterocycles. The fourth-order valence-electron chi connectivity index (χ4n) is 4.76. The maximum Gasteiger partial charge on any atom is 0.328 e. The van der Waals surface area contributed by atoms with Gasteiger partial charge in [-0.2, -0.15) is 0 Å². The first-order valence-electron chi connectivity index (χ1n) is 8.31. The molecule has 0 aromatic carbocycles. The first kappa shape index (κ1) is 18.5. The standard InChI is InChI=1S/C18H27ClO4/c1-10-8-11(2)15-13(9-10)17(22)16(19)12(3)18(15,23)7-5-4-6-14(20)21/h4-7,10-13,15-17,22-23H,8-9H2,1-3H3,(H,20,21)/b6-4+,7-5+/t10-,11+,12-,13-,15-,16-,17-,18+/m1/s1. The molecule has 0 bridgehead atoms. The molecule has 0 unspecified atom stereocenters. The molecule has 0 spiro atoms. The van der Waals surface area contributed by atoms with Gasteiger partial charge in [0.15, 0.2) is 0 Å². The summed E-state index contributed by atoms with van der Waals surface area (Å²) in [6.45, 7) is 6.14. The van der Waals surface area contributed by atoms with E-state index in [-0.39, 0.29) is 23.7 Å². The number of carboxylic acids is 1. The molecule has 0 aliphatic heterocycles. The Bertz CT molecular complexity index is 503. The smallest absolute Gasteiger partial charge is 0.328 e. The number of hydrogen-bond acceptors (Lipinski definition) is 3. The van der Waals surface area contributed by atoms with Crippen LogP contribution in [0.15, 0.2) is 24.3 Å². The number of aliphatic hydroxyl groups excluding tert-OH is 1. The van der Waals surface area contributed by atoms with Gasteiger partial charge in [0.25, 0.3) is 0 Å². The van der Waals surface area contributed by atoms with E-state index in [1.54, 1.807) is 12.2 Å². The van der Waals surface area contributed by atoms with Gasteiger partial charge in [-0.25, -0.2) is 4.79 Å². The van der Waals surface area contributed by atoms with Gasteiger partial charge in [0, 0.05) is 12.0 Å². The summed E-state index contributed by atoms with van der Waals surface area (Å²) in [7, 11) is 0. The fraction of sp³-hybridized carbons (Fsp3) is 0.722. The highest BCUT2D eigenvalue weighted by molar-refractivity contribution is 6.21. The molecule has 3 N–H and O–H groups in total. The summed E-state index contributed by atoms with van der Waals surface area (Å²) in [5.41, 5.74) is -1.14. The third-order valence-electron chi connectivity index (χ3n) is 5.74. The number of allylic oxidation sites excluding steroid dienone is 2. The molecule has 2 fully saturated rings. The molecule has 23 heavy (non-hydrogen) atoms. The van der Waals surface area contributed by atoms with Crippen molar-refractivity contribution in [1.82, 2.24) is 0 Å². The van der Waals surface area contributed by atoms with Crippen LogP contribution in [0.1, 0.15) is 33.6 Å². The number of halogens is 1. The van der Waals surface area contributed by atoms with Crippen LogP contribution in [0.3, 0.4) is 0 Å². The second-order valence-electron chi connectivity index (χ2n) is 7.41. The minimum atomic E-state index is -1.14. The lowest BCUT2D eigenvalue weighted by Gasteiger charge is -2.56. The predicted octanol–water partition coefficient (Wildman–Crippen LogP) is 2.83. The van der Waals surface area contributed by atoms with E-state index in [0.29, 0.717) is 5.92 Å². The molecule has 0 heterocycles. The van der Waals surface area contributed by atoms with Crippen molar-refractivity contribution in [1.29, 1.82) is 0 Å². The fourth-order valence-corrected chi connectivity index (χ4v) is 5.15. The van der Waals surface area contributed by atoms with Crippen molar-refractivity contribution in [3.8, 4) is 0 Å². The number of aliphatic carboxylic acids is 1. The van der Waals surface area contributed by atoms with Crippen LogP contribution < -0.4 is 0 Å². The molecule has 2 rings (SSSR count). The molecule has 130 valence electrons. The zero-order valence-corrected chi connectivity index (χ0v) is 14.6. The maximum absolute atomic E-state index is 11.4. The van der Waals surface area contributed by atoms with Gasteiger partial charge < -0.3 is 15.3 Å². The van der Waals surface area contributed by atoms with Gasteiger partial charge in [-0.3, -0.25) is 0 Å². The molecule has 2 aliphatic rings. The minimum Gasteiger partial charge on any atom is -0.478 e. The number of aliphatic hydroxyl groups is 2. The SMILES string of the molecule is C[C@H]1C[C@H]2[C@@H](O)[C@H](Cl)[C@@H](C)[C@@](O)(/C=C/C=C/C(=O)O)[C@@H]2[C@@H](C)C1. The van der Waals surface area contributed by atoms with Crippen LogP contribution in [0.4, 0.5) is 0 Å². The number of alkyl halides is 1. The highest BCUT2D eigenvalue weighted by Crippen LogP contribution is 2.54. The molecule has 2 aliphatic carbocycles. The zero-order chi connectivity index (χ0) is 17.4. The predicted molar refractivity (Wildman–Crippen MR) is 90.2 cm³/mol. The Balaban J connectivity index is 2.35. The van der Waals surface area contributed by atoms with E-state index in [9.17, 15) is 15.0 Å². The molecular weight excluding hydrogens is 316 g/mol. The maximum atomic E-state index is 11.4. The molecule has 0 aromatic rings. The van der Waals surface area contributed by atoms with Crippen molar-refractivity contribution in [2.45, 2.75) is 50.7 Å². The molecule has 0 amide bonds. The second kappa shape index (κ2) is 6.96. The van der Waals surface area contributed by atoms with Crippen molar-refractivity contribution in [3.05, 3.63) is 24.3 Å². The summed E-state index contributed by atoms with van der Waals surface area (Å²) in [4.78, 5) is 10.6. The summed E-state index contributed by atoms with van der Waals surface area (Å²) >= 11 is 6.42. The Kier molecular flexibility index (Phi) is 5.59. The summed E-state index contributed by atoms with van der Waals surface area (Å²) in [5, 5.41) is 30.1. The normalized spacial score (nSPS) is 47.8. The summed E-state index contributed by atoms with van der Waals surface area (Å²) in [5.74, 6) is -0.687. The van der Waals surface area contributed by atoms with Crippen molar-refractivity contribution < 1.29 is 20.1 Å². The van der Waals surface area contributed by atoms with Crippen molar-refractivity contribution in [3.63, 3.8) is 0 Å². The first-order chi connectivity index (χ1) is 10.7. The third kappa shape index (κ3) is 3.49. The quantitative estimate of drug-likeness (QED) is 0.418. The second-order valence-corrected chi connectivity index (χ2v) is 7.91. The number of hydrogen-bond donors (Lipinski definition) is 3. The van der Waals surface area contributed by atoms with E-state index in [4.69, 9.17) is 16.7 Å². The number of rotatable bonds is 3. The third-order valence-corrected chi connectivity index (χ3v) is 6.38. The zero-order valence-electron chi connectivity index (χ0n) is 13.9. The van der Waals surface area contributed by atoms with Crippen molar-refractivity contribution >= 4 is 17.6 Å². The Hall–Kier alpha value is -0.840. The van der Waals surface area contributed by atoms with E-state index in [1.807, 2.05) is 6.92 Å². The van der Waals surface area contributed by atoms with Gasteiger partial charge in [-0.15, -0.1) is 11.6 Å². The Labute approximate surface area is 142 Å². The van der Waals surface area contributed by atoms with Gasteiger partial charge in [-0.05, 0) is 36.5 Å². The van der Waals surface area contributed by atoms with E-state index in [2.05, 4.69) is 13.8 Å². The topological polar surface area (TPSA) is 77.8 Å². The summed E-state index contributed by atoms with van der Waals surface area (Å²) < 4.78 is 0. The number of fused-ring (bicyclic) bond motifs is 1. The van der Waals surface area contributed by atoms with Crippen LogP contribution >= 0.6 is 11.6 Å². The van der Waals surface area contributed by atoms with Gasteiger partial charge >= 0.3 is 5.97 Å². The van der Waals surface area contributed by atoms with E-state index in [0.717, 1.165) is 18.9 Å². The largest absolute Gasteiger partial charge is 0.478 e. The van der Waals surface area contributed by atoms with Crippen LogP contribution in [0.5, 0.6) is 0 Å². The Morgan fingerprint density at radius 2 is 1.87 bits per heavy atom. The highest BCUT2D eigenvalue weighted by atomic mass is 35.5. The van der Waals surface area contributed by atoms with Gasteiger partial charge in [-0.1, -0.05) is 39.0 Å². The summed E-state index contributed by atoms with van der Waals surface area (Å²) in [6.07, 6.45) is 6.93. The average molecular weight is 343 g/mol. The van der Waals surface area contributed by atoms with E-state index < -0.39 is 23.1 Å². The summed E-state index contributed by atoms with van der Waals surface area (Å²) in [6, 6.07) is 0. The molecule has 0 radical (unpaired) electrons. The average Bonchev–Trinajstić information content (AvgIpc) is 2.46. The first-order valence-corrected chi connectivity index (χ1v) is 8.75. The monoisotopic (exact) mass is 342 g/mol. The minimum absolute atomic E-state index is 0.0365. The van der Waals surface area contributed by atoms with Crippen LogP contribution in [-0.2, 0) is 4.79 Å². The Morgan fingerprint density at radius 3 is 2.48 bits per heavy atom. The van der Waals surface area contributed by atoms with Crippen LogP contribution in [0, 0.1) is 29.6 Å². The van der Waals surface area contributed by atoms with Gasteiger partial charge in [0.05, 0.1) is 17.1 Å². The van der Waals surface area contributed by atoms with E-state index in [1.165, 1.54) is 6.08 Å². The number of carboxylic acid groups (broad SMARTS) is 1. The molecule has 8 atom stereocenters. The molecule has 5 heteroatoms. The lowest BCUT2D eigenvalue weighted by atomic mass is 9.53. The molecule has 2 saturated carbocycles. The van der Waals surface area contributed by atoms with E-state index >= 15 is 0 Å². The molecular formula is C18H27ClO4. The molecule has 0 saturated heterocycles. The molecule has 4 nitrogen and oxygen atoms in total. The van der Waals surface area contributed by atoms with Crippen LogP contribution in [-0.4, -0.2) is 38.4 Å². The van der Waals surface area contributed by atoms with Crippen LogP contribution in [0.25, 0.3) is 0 Å². The Morgan fingerprint density at radius 1 is 1.22 bits per heavy atom. The number of carbonyl (C=O) groups is 1. The van der Waals surface area contributed by atoms with Gasteiger partial charge in [0.2, 0.25) is 0 Å². The van der Waals surface area contributed by atoms with Crippen molar-refractivity contribution in [2.75, 3.05) is 0 Å². The van der Waals surface area contributed by atoms with Gasteiger partial charge in [0.1, 0.15) is 0 Å². The van der Waals surface area contributed by atoms with Crippen molar-refractivity contribution in [2.24, 2.45) is 29.6 Å². The lowest BCUT2D eigenvalue weighted by Crippen LogP contribution is -2.62. The highest BCUT2D eigenvalue weighted by Gasteiger charge is 2.57.